The Kier molecular flexibility index (Phi) is 5.25. The van der Waals surface area contributed by atoms with Crippen LogP contribution >= 0.6 is 15.9 Å². The lowest BCUT2D eigenvalue weighted by atomic mass is 9.98. The summed E-state index contributed by atoms with van der Waals surface area (Å²) < 4.78 is 43.2. The van der Waals surface area contributed by atoms with Crippen LogP contribution in [0.3, 0.4) is 0 Å². The van der Waals surface area contributed by atoms with Crippen LogP contribution in [0, 0.1) is 5.82 Å². The van der Waals surface area contributed by atoms with Crippen molar-refractivity contribution in [2.45, 2.75) is 12.7 Å². The number of alkyl halides is 2. The number of benzene rings is 2. The third kappa shape index (κ3) is 3.77. The number of para-hydroxylation sites is 1. The number of halogens is 4. The fourth-order valence-corrected chi connectivity index (χ4v) is 2.51. The van der Waals surface area contributed by atoms with Crippen molar-refractivity contribution in [1.29, 1.82) is 0 Å². The quantitative estimate of drug-likeness (QED) is 0.848. The molecule has 0 aliphatic rings. The summed E-state index contributed by atoms with van der Waals surface area (Å²) in [6.07, 6.45) is 0. The highest BCUT2D eigenvalue weighted by Crippen LogP contribution is 2.32. The van der Waals surface area contributed by atoms with Crippen molar-refractivity contribution in [1.82, 2.24) is 5.32 Å². The van der Waals surface area contributed by atoms with Gasteiger partial charge in [-0.3, -0.25) is 0 Å². The molecule has 0 saturated carbocycles. The van der Waals surface area contributed by atoms with E-state index in [2.05, 4.69) is 26.0 Å². The molecule has 2 rings (SSSR count). The van der Waals surface area contributed by atoms with Crippen LogP contribution < -0.4 is 10.1 Å². The molecule has 21 heavy (non-hydrogen) atoms. The Labute approximate surface area is 129 Å². The highest BCUT2D eigenvalue weighted by atomic mass is 79.9. The van der Waals surface area contributed by atoms with E-state index in [1.54, 1.807) is 37.4 Å². The van der Waals surface area contributed by atoms with Crippen molar-refractivity contribution in [3.05, 3.63) is 63.9 Å². The molecule has 0 aliphatic carbocycles. The number of ether oxygens (including phenoxy) is 1. The van der Waals surface area contributed by atoms with Gasteiger partial charge in [0.2, 0.25) is 0 Å². The van der Waals surface area contributed by atoms with Crippen LogP contribution in [0.1, 0.15) is 17.2 Å². The Morgan fingerprint density at radius 3 is 2.48 bits per heavy atom. The van der Waals surface area contributed by atoms with Crippen LogP contribution in [0.25, 0.3) is 0 Å². The largest absolute Gasteiger partial charge is 0.434 e. The van der Waals surface area contributed by atoms with E-state index < -0.39 is 12.7 Å². The van der Waals surface area contributed by atoms with E-state index in [9.17, 15) is 13.2 Å². The van der Waals surface area contributed by atoms with E-state index in [0.717, 1.165) is 5.56 Å². The van der Waals surface area contributed by atoms with Gasteiger partial charge in [-0.15, -0.1) is 0 Å². The minimum absolute atomic E-state index is 0.0901. The molecule has 0 saturated heterocycles. The lowest BCUT2D eigenvalue weighted by Crippen LogP contribution is -2.19. The highest BCUT2D eigenvalue weighted by Gasteiger charge is 2.19. The minimum atomic E-state index is -2.90. The molecule has 112 valence electrons. The molecule has 2 aromatic carbocycles. The predicted molar refractivity (Wildman–Crippen MR) is 78.1 cm³/mol. The van der Waals surface area contributed by atoms with Crippen LogP contribution in [0.2, 0.25) is 0 Å². The maximum atomic E-state index is 13.3. The van der Waals surface area contributed by atoms with Gasteiger partial charge in [0, 0.05) is 5.56 Å². The van der Waals surface area contributed by atoms with Gasteiger partial charge in [-0.1, -0.05) is 24.3 Å². The number of hydrogen-bond acceptors (Lipinski definition) is 2. The molecule has 6 heteroatoms. The van der Waals surface area contributed by atoms with Crippen molar-refractivity contribution in [2.24, 2.45) is 0 Å². The lowest BCUT2D eigenvalue weighted by Gasteiger charge is -2.20. The summed E-state index contributed by atoms with van der Waals surface area (Å²) >= 11 is 3.12. The molecule has 2 nitrogen and oxygen atoms in total. The van der Waals surface area contributed by atoms with Gasteiger partial charge < -0.3 is 10.1 Å². The molecule has 0 bridgehead atoms. The molecule has 0 aliphatic heterocycles. The Hall–Kier alpha value is -1.53. The maximum absolute atomic E-state index is 13.3. The third-order valence-corrected chi connectivity index (χ3v) is 3.62. The number of hydrogen-bond donors (Lipinski definition) is 1. The fourth-order valence-electron chi connectivity index (χ4n) is 2.12. The SMILES string of the molecule is CNC(c1ccc(F)c(Br)c1)c1ccccc1OC(F)F. The van der Waals surface area contributed by atoms with E-state index in [1.165, 1.54) is 12.1 Å². The summed E-state index contributed by atoms with van der Waals surface area (Å²) in [5.74, 6) is -0.294. The Morgan fingerprint density at radius 2 is 1.86 bits per heavy atom. The van der Waals surface area contributed by atoms with E-state index in [-0.39, 0.29) is 11.6 Å². The summed E-state index contributed by atoms with van der Waals surface area (Å²) in [6, 6.07) is 10.7. The fraction of sp³-hybridized carbons (Fsp3) is 0.200. The van der Waals surface area contributed by atoms with Gasteiger partial charge in [0.1, 0.15) is 11.6 Å². The standard InChI is InChI=1S/C15H13BrF3NO/c1-20-14(9-6-7-12(17)11(16)8-9)10-4-2-3-5-13(10)21-15(18)19/h2-8,14-15,20H,1H3. The van der Waals surface area contributed by atoms with Crippen LogP contribution in [0.15, 0.2) is 46.9 Å². The van der Waals surface area contributed by atoms with Crippen molar-refractivity contribution >= 4 is 15.9 Å². The van der Waals surface area contributed by atoms with Crippen LogP contribution in [-0.4, -0.2) is 13.7 Å². The zero-order valence-corrected chi connectivity index (χ0v) is 12.7. The monoisotopic (exact) mass is 359 g/mol. The van der Waals surface area contributed by atoms with Gasteiger partial charge in [0.25, 0.3) is 0 Å². The van der Waals surface area contributed by atoms with Crippen LogP contribution in [0.4, 0.5) is 13.2 Å². The molecule has 0 radical (unpaired) electrons. The van der Waals surface area contributed by atoms with Crippen LogP contribution in [-0.2, 0) is 0 Å². The Bertz CT molecular complexity index is 622. The Morgan fingerprint density at radius 1 is 1.14 bits per heavy atom. The first-order valence-corrected chi connectivity index (χ1v) is 6.98. The summed E-state index contributed by atoms with van der Waals surface area (Å²) in [4.78, 5) is 0. The van der Waals surface area contributed by atoms with Gasteiger partial charge >= 0.3 is 6.61 Å². The topological polar surface area (TPSA) is 21.3 Å². The minimum Gasteiger partial charge on any atom is -0.434 e. The third-order valence-electron chi connectivity index (χ3n) is 3.01. The average molecular weight is 360 g/mol. The molecule has 0 spiro atoms. The van der Waals surface area contributed by atoms with Crippen molar-refractivity contribution in [3.8, 4) is 5.75 Å². The molecule has 2 aromatic rings. The first-order chi connectivity index (χ1) is 10.0. The average Bonchev–Trinajstić information content (AvgIpc) is 2.44. The van der Waals surface area contributed by atoms with Gasteiger partial charge in [-0.2, -0.15) is 8.78 Å². The summed E-state index contributed by atoms with van der Waals surface area (Å²) in [5, 5.41) is 3.03. The molecule has 1 atom stereocenters. The van der Waals surface area contributed by atoms with Gasteiger partial charge in [0.15, 0.2) is 0 Å². The molecule has 0 heterocycles. The Balaban J connectivity index is 2.43. The van der Waals surface area contributed by atoms with E-state index in [4.69, 9.17) is 0 Å². The molecule has 0 aromatic heterocycles. The normalized spacial score (nSPS) is 12.5. The molecular weight excluding hydrogens is 347 g/mol. The van der Waals surface area contributed by atoms with Crippen molar-refractivity contribution in [2.75, 3.05) is 7.05 Å². The van der Waals surface area contributed by atoms with Gasteiger partial charge in [-0.05, 0) is 46.7 Å². The number of nitrogens with one attached hydrogen (secondary N) is 1. The first kappa shape index (κ1) is 15.9. The van der Waals surface area contributed by atoms with Gasteiger partial charge in [-0.25, -0.2) is 4.39 Å². The van der Waals surface area contributed by atoms with Crippen molar-refractivity contribution in [3.63, 3.8) is 0 Å². The highest BCUT2D eigenvalue weighted by molar-refractivity contribution is 9.10. The summed E-state index contributed by atoms with van der Waals surface area (Å²) in [5.41, 5.74) is 1.29. The molecule has 0 fully saturated rings. The summed E-state index contributed by atoms with van der Waals surface area (Å²) in [6.45, 7) is -2.90. The predicted octanol–water partition coefficient (Wildman–Crippen LogP) is 4.50. The summed E-state index contributed by atoms with van der Waals surface area (Å²) in [7, 11) is 1.70. The molecule has 1 N–H and O–H groups in total. The van der Waals surface area contributed by atoms with E-state index >= 15 is 0 Å². The maximum Gasteiger partial charge on any atom is 0.387 e. The molecular formula is C15H13BrF3NO. The second-order valence-electron chi connectivity index (χ2n) is 4.31. The zero-order chi connectivity index (χ0) is 15.4. The first-order valence-electron chi connectivity index (χ1n) is 6.19. The zero-order valence-electron chi connectivity index (χ0n) is 11.1. The second-order valence-corrected chi connectivity index (χ2v) is 5.17. The number of rotatable bonds is 5. The second kappa shape index (κ2) is 6.95. The van der Waals surface area contributed by atoms with Gasteiger partial charge in [0.05, 0.1) is 10.5 Å². The van der Waals surface area contributed by atoms with E-state index in [1.807, 2.05) is 0 Å². The molecule has 0 amide bonds. The van der Waals surface area contributed by atoms with Crippen LogP contribution in [0.5, 0.6) is 5.75 Å². The van der Waals surface area contributed by atoms with E-state index in [0.29, 0.717) is 10.0 Å². The molecule has 1 unspecified atom stereocenters. The smallest absolute Gasteiger partial charge is 0.387 e. The lowest BCUT2D eigenvalue weighted by molar-refractivity contribution is -0.0506. The van der Waals surface area contributed by atoms with Crippen molar-refractivity contribution < 1.29 is 17.9 Å².